The first-order chi connectivity index (χ1) is 19.8. The fraction of sp³-hybridized carbons (Fsp3) is 0.333. The highest BCUT2D eigenvalue weighted by Gasteiger charge is 2.61. The van der Waals surface area contributed by atoms with Gasteiger partial charge >= 0.3 is 11.9 Å². The second-order valence-electron chi connectivity index (χ2n) is 9.94. The molecule has 0 bridgehead atoms. The average molecular weight is 595 g/mol. The van der Waals surface area contributed by atoms with Gasteiger partial charge in [-0.1, -0.05) is 66.7 Å². The van der Waals surface area contributed by atoms with Gasteiger partial charge in [0.25, 0.3) is 11.8 Å². The molecule has 214 valence electrons. The van der Waals surface area contributed by atoms with E-state index in [1.165, 1.54) is 42.0 Å². The molecule has 0 aliphatic carbocycles. The summed E-state index contributed by atoms with van der Waals surface area (Å²) in [5.41, 5.74) is 0.279. The molecule has 0 N–H and O–H groups in total. The van der Waals surface area contributed by atoms with Gasteiger partial charge in [0, 0.05) is 24.1 Å². The van der Waals surface area contributed by atoms with E-state index in [4.69, 9.17) is 14.3 Å². The summed E-state index contributed by atoms with van der Waals surface area (Å²) in [6, 6.07) is 21.7. The van der Waals surface area contributed by atoms with Crippen molar-refractivity contribution < 1.29 is 33.5 Å². The lowest BCUT2D eigenvalue weighted by Gasteiger charge is -2.55. The highest BCUT2D eigenvalue weighted by Crippen LogP contribution is 2.45. The Hall–Kier alpha value is -3.67. The number of β-lactam (4-membered cyclic amide) rings is 1. The van der Waals surface area contributed by atoms with Crippen LogP contribution in [0.25, 0.3) is 0 Å². The molecule has 3 atom stereocenters. The van der Waals surface area contributed by atoms with E-state index in [1.54, 1.807) is 0 Å². The molecule has 1 aromatic heterocycles. The van der Waals surface area contributed by atoms with E-state index in [0.717, 1.165) is 21.1 Å². The van der Waals surface area contributed by atoms with E-state index >= 15 is 0 Å². The third-order valence-electron chi connectivity index (χ3n) is 7.13. The smallest absolute Gasteiger partial charge is 0.319 e. The van der Waals surface area contributed by atoms with Crippen LogP contribution in [0.3, 0.4) is 0 Å². The number of fused-ring (bicyclic) bond motifs is 1. The minimum Gasteiger partial charge on any atom is -0.465 e. The van der Waals surface area contributed by atoms with Gasteiger partial charge in [-0.2, -0.15) is 0 Å². The Morgan fingerprint density at radius 3 is 2.24 bits per heavy atom. The van der Waals surface area contributed by atoms with Crippen LogP contribution in [0.4, 0.5) is 0 Å². The molecule has 2 amide bonds. The van der Waals surface area contributed by atoms with E-state index in [1.807, 2.05) is 78.2 Å². The minimum atomic E-state index is -1.30. The Bertz CT molecular complexity index is 1350. The van der Waals surface area contributed by atoms with E-state index in [2.05, 4.69) is 0 Å². The molecule has 3 aromatic rings. The molecule has 41 heavy (non-hydrogen) atoms. The number of hydrogen-bond donors (Lipinski definition) is 0. The van der Waals surface area contributed by atoms with Crippen molar-refractivity contribution >= 4 is 46.9 Å². The zero-order valence-electron chi connectivity index (χ0n) is 22.6. The number of esters is 2. The number of thiophene rings is 1. The summed E-state index contributed by atoms with van der Waals surface area (Å²) in [5, 5.41) is 2.61. The van der Waals surface area contributed by atoms with Gasteiger partial charge in [0.05, 0.1) is 13.5 Å². The van der Waals surface area contributed by atoms with Crippen molar-refractivity contribution in [3.8, 4) is 0 Å². The SMILES string of the molecule is CON(C(=O)Cc1cccs1)C1C(=O)N2CC(COC(C)=O)(C(=O)OC(c3ccccc3)c3ccccc3)CS[C@H]12. The van der Waals surface area contributed by atoms with Crippen LogP contribution in [0.5, 0.6) is 0 Å². The van der Waals surface area contributed by atoms with Crippen LogP contribution in [0.2, 0.25) is 0 Å². The molecule has 2 saturated heterocycles. The minimum absolute atomic E-state index is 0.0148. The monoisotopic (exact) mass is 594 g/mol. The largest absolute Gasteiger partial charge is 0.465 e. The summed E-state index contributed by atoms with van der Waals surface area (Å²) in [5.74, 6) is -1.55. The normalized spacial score (nSPS) is 21.5. The molecule has 2 fully saturated rings. The first kappa shape index (κ1) is 28.8. The van der Waals surface area contributed by atoms with Crippen LogP contribution in [0.1, 0.15) is 29.0 Å². The van der Waals surface area contributed by atoms with Gasteiger partial charge < -0.3 is 14.4 Å². The first-order valence-electron chi connectivity index (χ1n) is 13.1. The van der Waals surface area contributed by atoms with Gasteiger partial charge in [-0.25, -0.2) is 5.06 Å². The lowest BCUT2D eigenvalue weighted by molar-refractivity contribution is -0.213. The molecule has 3 heterocycles. The predicted molar refractivity (Wildman–Crippen MR) is 154 cm³/mol. The summed E-state index contributed by atoms with van der Waals surface area (Å²) >= 11 is 2.80. The first-order valence-corrected chi connectivity index (χ1v) is 15.0. The maximum atomic E-state index is 14.0. The Morgan fingerprint density at radius 2 is 1.68 bits per heavy atom. The molecular formula is C30H30N2O7S2. The number of amides is 2. The van der Waals surface area contributed by atoms with Crippen LogP contribution in [0.15, 0.2) is 78.2 Å². The maximum absolute atomic E-state index is 14.0. The number of nitrogens with zero attached hydrogens (tertiary/aromatic N) is 2. The van der Waals surface area contributed by atoms with Crippen molar-refractivity contribution in [2.24, 2.45) is 5.41 Å². The number of benzene rings is 2. The third-order valence-corrected chi connectivity index (χ3v) is 9.58. The number of carbonyl (C=O) groups is 4. The number of hydrogen-bond acceptors (Lipinski definition) is 9. The molecule has 2 aliphatic rings. The number of hydroxylamine groups is 2. The summed E-state index contributed by atoms with van der Waals surface area (Å²) in [7, 11) is 1.37. The molecule has 2 unspecified atom stereocenters. The standard InChI is InChI=1S/C30H30N2O7S2/c1-20(33)38-18-30(29(36)39-26(21-10-5-3-6-11-21)22-12-7-4-8-13-22)17-31-27(35)25(28(31)41-19-30)32(37-2)24(34)16-23-14-9-15-40-23/h3-15,25-26,28H,16-19H2,1-2H3/t25?,28-,30?/m1/s1. The van der Waals surface area contributed by atoms with E-state index in [9.17, 15) is 19.2 Å². The summed E-state index contributed by atoms with van der Waals surface area (Å²) in [6.45, 7) is 1.02. The molecule has 0 spiro atoms. The van der Waals surface area contributed by atoms with E-state index < -0.39 is 34.9 Å². The van der Waals surface area contributed by atoms with Crippen LogP contribution < -0.4 is 0 Å². The van der Waals surface area contributed by atoms with Crippen molar-refractivity contribution in [3.05, 3.63) is 94.2 Å². The highest BCUT2D eigenvalue weighted by atomic mass is 32.2. The molecule has 2 aromatic carbocycles. The summed E-state index contributed by atoms with van der Waals surface area (Å²) in [4.78, 5) is 60.0. The lowest BCUT2D eigenvalue weighted by atomic mass is 9.87. The molecule has 11 heteroatoms. The Morgan fingerprint density at radius 1 is 1.02 bits per heavy atom. The molecule has 9 nitrogen and oxygen atoms in total. The summed E-state index contributed by atoms with van der Waals surface area (Å²) in [6.07, 6.45) is -0.573. The van der Waals surface area contributed by atoms with Crippen LogP contribution >= 0.6 is 23.1 Å². The van der Waals surface area contributed by atoms with Crippen molar-refractivity contribution in [2.75, 3.05) is 26.0 Å². The van der Waals surface area contributed by atoms with Crippen LogP contribution in [-0.2, 0) is 39.9 Å². The average Bonchev–Trinajstić information content (AvgIpc) is 3.51. The van der Waals surface area contributed by atoms with Gasteiger partial charge in [0.1, 0.15) is 17.4 Å². The van der Waals surface area contributed by atoms with Crippen molar-refractivity contribution in [2.45, 2.75) is 30.9 Å². The molecule has 5 rings (SSSR count). The van der Waals surface area contributed by atoms with Gasteiger partial charge in [-0.05, 0) is 22.6 Å². The summed E-state index contributed by atoms with van der Waals surface area (Å²) < 4.78 is 11.5. The van der Waals surface area contributed by atoms with Gasteiger partial charge in [-0.3, -0.25) is 24.0 Å². The number of rotatable bonds is 10. The van der Waals surface area contributed by atoms with Gasteiger partial charge in [-0.15, -0.1) is 23.1 Å². The van der Waals surface area contributed by atoms with E-state index in [-0.39, 0.29) is 37.1 Å². The topological polar surface area (TPSA) is 102 Å². The predicted octanol–water partition coefficient (Wildman–Crippen LogP) is 3.85. The maximum Gasteiger partial charge on any atom is 0.319 e. The van der Waals surface area contributed by atoms with Crippen molar-refractivity contribution in [1.82, 2.24) is 9.96 Å². The van der Waals surface area contributed by atoms with Crippen molar-refractivity contribution in [1.29, 1.82) is 0 Å². The third kappa shape index (κ3) is 6.02. The van der Waals surface area contributed by atoms with Crippen molar-refractivity contribution in [3.63, 3.8) is 0 Å². The fourth-order valence-corrected chi connectivity index (χ4v) is 7.27. The second-order valence-corrected chi connectivity index (χ2v) is 12.1. The molecule has 2 aliphatic heterocycles. The second kappa shape index (κ2) is 12.5. The zero-order valence-corrected chi connectivity index (χ0v) is 24.3. The Labute approximate surface area is 246 Å². The Kier molecular flexibility index (Phi) is 8.77. The van der Waals surface area contributed by atoms with Gasteiger partial charge in [0.15, 0.2) is 12.1 Å². The molecule has 0 radical (unpaired) electrons. The quantitative estimate of drug-likeness (QED) is 0.198. The van der Waals surface area contributed by atoms with E-state index in [0.29, 0.717) is 0 Å². The van der Waals surface area contributed by atoms with Gasteiger partial charge in [0.2, 0.25) is 0 Å². The van der Waals surface area contributed by atoms with Crippen LogP contribution in [-0.4, -0.2) is 71.1 Å². The zero-order chi connectivity index (χ0) is 29.0. The molecular weight excluding hydrogens is 564 g/mol. The fourth-order valence-electron chi connectivity index (χ4n) is 5.02. The van der Waals surface area contributed by atoms with Crippen LogP contribution in [0, 0.1) is 5.41 Å². The lowest BCUT2D eigenvalue weighted by Crippen LogP contribution is -2.74. The highest BCUT2D eigenvalue weighted by molar-refractivity contribution is 8.00. The Balaban J connectivity index is 1.36. The number of thioether (sulfide) groups is 1. The number of carbonyl (C=O) groups excluding carboxylic acids is 4. The number of ether oxygens (including phenoxy) is 2. The molecule has 0 saturated carbocycles.